The molecular weight excluding hydrogens is 198 g/mol. The molecule has 0 bridgehead atoms. The van der Waals surface area contributed by atoms with Crippen molar-refractivity contribution in [3.05, 3.63) is 59.9 Å². The fourth-order valence-corrected chi connectivity index (χ4v) is 2.13. The number of pyridine rings is 1. The Labute approximate surface area is 94.9 Å². The first-order valence-corrected chi connectivity index (χ1v) is 5.58. The molecule has 2 heteroatoms. The summed E-state index contributed by atoms with van der Waals surface area (Å²) in [5.41, 5.74) is 2.47. The summed E-state index contributed by atoms with van der Waals surface area (Å²) in [5, 5.41) is 0. The summed E-state index contributed by atoms with van der Waals surface area (Å²) in [6.45, 7) is 0. The van der Waals surface area contributed by atoms with Gasteiger partial charge < -0.3 is 4.74 Å². The maximum atomic E-state index is 5.98. The van der Waals surface area contributed by atoms with Crippen molar-refractivity contribution in [2.45, 2.75) is 18.9 Å². The Balaban J connectivity index is 1.89. The molecule has 0 amide bonds. The van der Waals surface area contributed by atoms with E-state index in [4.69, 9.17) is 4.74 Å². The second kappa shape index (κ2) is 3.97. The van der Waals surface area contributed by atoms with Gasteiger partial charge >= 0.3 is 0 Å². The van der Waals surface area contributed by atoms with Gasteiger partial charge in [-0.1, -0.05) is 24.3 Å². The van der Waals surface area contributed by atoms with Crippen molar-refractivity contribution in [2.75, 3.05) is 0 Å². The van der Waals surface area contributed by atoms with Gasteiger partial charge in [-0.15, -0.1) is 0 Å². The van der Waals surface area contributed by atoms with Gasteiger partial charge in [0, 0.05) is 18.0 Å². The fraction of sp³-hybridized carbons (Fsp3) is 0.214. The van der Waals surface area contributed by atoms with Crippen LogP contribution < -0.4 is 4.74 Å². The number of hydrogen-bond acceptors (Lipinski definition) is 2. The van der Waals surface area contributed by atoms with Gasteiger partial charge in [-0.05, 0) is 30.5 Å². The summed E-state index contributed by atoms with van der Waals surface area (Å²) in [6.07, 6.45) is 5.95. The van der Waals surface area contributed by atoms with Crippen molar-refractivity contribution < 1.29 is 4.74 Å². The van der Waals surface area contributed by atoms with E-state index in [-0.39, 0.29) is 6.10 Å². The molecule has 1 aliphatic heterocycles. The van der Waals surface area contributed by atoms with Crippen LogP contribution in [-0.4, -0.2) is 4.98 Å². The van der Waals surface area contributed by atoms with E-state index >= 15 is 0 Å². The Bertz CT molecular complexity index is 481. The quantitative estimate of drug-likeness (QED) is 0.723. The SMILES string of the molecule is c1cncc(C2CCc3ccccc3O2)c1. The molecule has 1 aromatic carbocycles. The molecule has 1 atom stereocenters. The lowest BCUT2D eigenvalue weighted by Crippen LogP contribution is -2.15. The van der Waals surface area contributed by atoms with Gasteiger partial charge in [0.2, 0.25) is 0 Å². The van der Waals surface area contributed by atoms with Crippen molar-refractivity contribution in [1.29, 1.82) is 0 Å². The van der Waals surface area contributed by atoms with Crippen molar-refractivity contribution in [2.24, 2.45) is 0 Å². The lowest BCUT2D eigenvalue weighted by Gasteiger charge is -2.26. The molecule has 2 heterocycles. The lowest BCUT2D eigenvalue weighted by atomic mass is 9.98. The van der Waals surface area contributed by atoms with E-state index in [0.717, 1.165) is 24.2 Å². The number of fused-ring (bicyclic) bond motifs is 1. The van der Waals surface area contributed by atoms with E-state index in [2.05, 4.69) is 23.2 Å². The number of aryl methyl sites for hydroxylation is 1. The highest BCUT2D eigenvalue weighted by Crippen LogP contribution is 2.34. The smallest absolute Gasteiger partial charge is 0.126 e. The first kappa shape index (κ1) is 9.40. The third-order valence-electron chi connectivity index (χ3n) is 2.97. The second-order valence-corrected chi connectivity index (χ2v) is 4.04. The zero-order valence-electron chi connectivity index (χ0n) is 8.97. The Morgan fingerprint density at radius 2 is 2.06 bits per heavy atom. The van der Waals surface area contributed by atoms with Gasteiger partial charge in [0.15, 0.2) is 0 Å². The molecular formula is C14H13NO. The molecule has 0 saturated carbocycles. The summed E-state index contributed by atoms with van der Waals surface area (Å²) >= 11 is 0. The van der Waals surface area contributed by atoms with E-state index < -0.39 is 0 Å². The Hall–Kier alpha value is -1.83. The minimum Gasteiger partial charge on any atom is -0.485 e. The first-order valence-electron chi connectivity index (χ1n) is 5.58. The molecule has 3 rings (SSSR count). The van der Waals surface area contributed by atoms with Gasteiger partial charge in [0.1, 0.15) is 11.9 Å². The molecule has 0 radical (unpaired) electrons. The highest BCUT2D eigenvalue weighted by atomic mass is 16.5. The first-order chi connectivity index (χ1) is 7.93. The number of rotatable bonds is 1. The molecule has 0 fully saturated rings. The molecule has 2 aromatic rings. The number of ether oxygens (including phenoxy) is 1. The van der Waals surface area contributed by atoms with Crippen LogP contribution in [0, 0.1) is 0 Å². The van der Waals surface area contributed by atoms with Gasteiger partial charge in [-0.2, -0.15) is 0 Å². The van der Waals surface area contributed by atoms with Crippen LogP contribution >= 0.6 is 0 Å². The largest absolute Gasteiger partial charge is 0.485 e. The van der Waals surface area contributed by atoms with Crippen LogP contribution in [0.3, 0.4) is 0 Å². The maximum absolute atomic E-state index is 5.98. The molecule has 2 nitrogen and oxygen atoms in total. The van der Waals surface area contributed by atoms with Crippen LogP contribution in [0.4, 0.5) is 0 Å². The summed E-state index contributed by atoms with van der Waals surface area (Å²) in [5.74, 6) is 1.02. The number of nitrogens with zero attached hydrogens (tertiary/aromatic N) is 1. The molecule has 16 heavy (non-hydrogen) atoms. The average molecular weight is 211 g/mol. The maximum Gasteiger partial charge on any atom is 0.126 e. The average Bonchev–Trinajstić information content (AvgIpc) is 2.39. The van der Waals surface area contributed by atoms with E-state index in [9.17, 15) is 0 Å². The highest BCUT2D eigenvalue weighted by Gasteiger charge is 2.20. The minimum absolute atomic E-state index is 0.156. The van der Waals surface area contributed by atoms with Crippen LogP contribution in [0.15, 0.2) is 48.8 Å². The molecule has 1 unspecified atom stereocenters. The Morgan fingerprint density at radius 1 is 1.12 bits per heavy atom. The van der Waals surface area contributed by atoms with E-state index in [0.29, 0.717) is 0 Å². The third kappa shape index (κ3) is 1.67. The standard InChI is InChI=1S/C14H13NO/c1-2-6-13-11(4-1)7-8-14(16-13)12-5-3-9-15-10-12/h1-6,9-10,14H,7-8H2. The van der Waals surface area contributed by atoms with Crippen molar-refractivity contribution in [3.8, 4) is 5.75 Å². The van der Waals surface area contributed by atoms with E-state index in [1.807, 2.05) is 24.4 Å². The molecule has 1 aliphatic rings. The predicted octanol–water partition coefficient (Wildman–Crippen LogP) is 3.15. The number of hydrogen-bond donors (Lipinski definition) is 0. The van der Waals surface area contributed by atoms with Crippen molar-refractivity contribution in [3.63, 3.8) is 0 Å². The van der Waals surface area contributed by atoms with Gasteiger partial charge in [-0.3, -0.25) is 4.98 Å². The van der Waals surface area contributed by atoms with Crippen molar-refractivity contribution in [1.82, 2.24) is 4.98 Å². The Morgan fingerprint density at radius 3 is 2.94 bits per heavy atom. The lowest BCUT2D eigenvalue weighted by molar-refractivity contribution is 0.176. The highest BCUT2D eigenvalue weighted by molar-refractivity contribution is 5.36. The molecule has 1 aromatic heterocycles. The topological polar surface area (TPSA) is 22.1 Å². The Kier molecular flexibility index (Phi) is 2.33. The molecule has 0 saturated heterocycles. The molecule has 80 valence electrons. The minimum atomic E-state index is 0.156. The normalized spacial score (nSPS) is 18.6. The monoisotopic (exact) mass is 211 g/mol. The summed E-state index contributed by atoms with van der Waals surface area (Å²) in [7, 11) is 0. The number of benzene rings is 1. The summed E-state index contributed by atoms with van der Waals surface area (Å²) in [6, 6.07) is 12.3. The van der Waals surface area contributed by atoms with E-state index in [1.165, 1.54) is 5.56 Å². The second-order valence-electron chi connectivity index (χ2n) is 4.04. The zero-order valence-corrected chi connectivity index (χ0v) is 8.97. The zero-order chi connectivity index (χ0) is 10.8. The van der Waals surface area contributed by atoms with E-state index in [1.54, 1.807) is 6.20 Å². The number of aromatic nitrogens is 1. The van der Waals surface area contributed by atoms with Gasteiger partial charge in [0.05, 0.1) is 0 Å². The summed E-state index contributed by atoms with van der Waals surface area (Å²) in [4.78, 5) is 4.14. The van der Waals surface area contributed by atoms with Crippen LogP contribution in [0.25, 0.3) is 0 Å². The van der Waals surface area contributed by atoms with Gasteiger partial charge in [-0.25, -0.2) is 0 Å². The molecule has 0 N–H and O–H groups in total. The van der Waals surface area contributed by atoms with Crippen molar-refractivity contribution >= 4 is 0 Å². The molecule has 0 spiro atoms. The summed E-state index contributed by atoms with van der Waals surface area (Å²) < 4.78 is 5.98. The predicted molar refractivity (Wildman–Crippen MR) is 62.4 cm³/mol. The molecule has 0 aliphatic carbocycles. The van der Waals surface area contributed by atoms with Crippen LogP contribution in [0.2, 0.25) is 0 Å². The van der Waals surface area contributed by atoms with Crippen LogP contribution in [0.5, 0.6) is 5.75 Å². The fourth-order valence-electron chi connectivity index (χ4n) is 2.13. The third-order valence-corrected chi connectivity index (χ3v) is 2.97. The van der Waals surface area contributed by atoms with Gasteiger partial charge in [0.25, 0.3) is 0 Å². The number of para-hydroxylation sites is 1. The van der Waals surface area contributed by atoms with Crippen LogP contribution in [0.1, 0.15) is 23.7 Å². The van der Waals surface area contributed by atoms with Crippen LogP contribution in [-0.2, 0) is 6.42 Å².